The van der Waals surface area contributed by atoms with Crippen LogP contribution in [0.5, 0.6) is 0 Å². The Bertz CT molecular complexity index is 465. The lowest BCUT2D eigenvalue weighted by atomic mass is 10.1. The molecule has 0 unspecified atom stereocenters. The lowest BCUT2D eigenvalue weighted by molar-refractivity contribution is -0.121. The molecule has 0 aliphatic rings. The maximum Gasteiger partial charge on any atom is 0.238 e. The number of hydrogen-bond acceptors (Lipinski definition) is 2. The molecular weight excluding hydrogens is 318 g/mol. The van der Waals surface area contributed by atoms with Crippen LogP contribution in [0.4, 0.5) is 5.69 Å². The van der Waals surface area contributed by atoms with Crippen LogP contribution in [0.2, 0.25) is 0 Å². The van der Waals surface area contributed by atoms with Crippen molar-refractivity contribution in [2.75, 3.05) is 5.32 Å². The average Bonchev–Trinajstić information content (AvgIpc) is 2.59. The molecule has 0 aromatic heterocycles. The third kappa shape index (κ3) is 11.0. The molecule has 1 aromatic rings. The number of para-hydroxylation sites is 1. The largest absolute Gasteiger partial charge is 0.331 e. The van der Waals surface area contributed by atoms with Crippen molar-refractivity contribution in [3.8, 4) is 0 Å². The molecule has 0 bridgehead atoms. The maximum atomic E-state index is 11.7. The highest BCUT2D eigenvalue weighted by atomic mass is 32.1. The predicted molar refractivity (Wildman–Crippen MR) is 106 cm³/mol. The average molecular weight is 350 g/mol. The maximum absolute atomic E-state index is 11.7. The van der Waals surface area contributed by atoms with Crippen LogP contribution < -0.4 is 16.2 Å². The summed E-state index contributed by atoms with van der Waals surface area (Å²) >= 11 is 5.13. The van der Waals surface area contributed by atoms with E-state index in [-0.39, 0.29) is 5.91 Å². The second kappa shape index (κ2) is 13.8. The van der Waals surface area contributed by atoms with Crippen molar-refractivity contribution >= 4 is 28.9 Å². The molecule has 0 fully saturated rings. The summed E-state index contributed by atoms with van der Waals surface area (Å²) in [5.41, 5.74) is 6.26. The van der Waals surface area contributed by atoms with E-state index < -0.39 is 0 Å². The molecule has 0 saturated heterocycles. The summed E-state index contributed by atoms with van der Waals surface area (Å²) < 4.78 is 0. The van der Waals surface area contributed by atoms with E-state index in [1.54, 1.807) is 0 Å². The van der Waals surface area contributed by atoms with Gasteiger partial charge < -0.3 is 5.32 Å². The molecule has 0 aliphatic carbocycles. The molecule has 0 aliphatic heterocycles. The number of anilines is 1. The summed E-state index contributed by atoms with van der Waals surface area (Å²) in [6.07, 6.45) is 11.8. The first-order valence-corrected chi connectivity index (χ1v) is 9.54. The van der Waals surface area contributed by atoms with Crippen molar-refractivity contribution in [1.82, 2.24) is 10.9 Å². The van der Waals surface area contributed by atoms with Crippen molar-refractivity contribution < 1.29 is 4.79 Å². The van der Waals surface area contributed by atoms with E-state index in [9.17, 15) is 4.79 Å². The molecule has 0 spiro atoms. The topological polar surface area (TPSA) is 53.2 Å². The Labute approximate surface area is 151 Å². The molecule has 1 aromatic carbocycles. The quantitative estimate of drug-likeness (QED) is 0.301. The van der Waals surface area contributed by atoms with Gasteiger partial charge >= 0.3 is 0 Å². The van der Waals surface area contributed by atoms with E-state index in [0.717, 1.165) is 18.5 Å². The third-order valence-corrected chi connectivity index (χ3v) is 4.06. The number of thiocarbonyl (C=S) groups is 1. The van der Waals surface area contributed by atoms with Crippen molar-refractivity contribution in [2.24, 2.45) is 0 Å². The van der Waals surface area contributed by atoms with Crippen molar-refractivity contribution in [3.63, 3.8) is 0 Å². The first kappa shape index (κ1) is 20.4. The normalized spacial score (nSPS) is 10.2. The van der Waals surface area contributed by atoms with Crippen LogP contribution in [0.1, 0.15) is 71.1 Å². The summed E-state index contributed by atoms with van der Waals surface area (Å²) in [4.78, 5) is 11.7. The molecule has 1 amide bonds. The van der Waals surface area contributed by atoms with Crippen molar-refractivity contribution in [3.05, 3.63) is 30.3 Å². The number of hydrogen-bond donors (Lipinski definition) is 3. The van der Waals surface area contributed by atoms with Gasteiger partial charge in [-0.3, -0.25) is 15.6 Å². The fourth-order valence-electron chi connectivity index (χ4n) is 2.47. The van der Waals surface area contributed by atoms with E-state index >= 15 is 0 Å². The lowest BCUT2D eigenvalue weighted by Crippen LogP contribution is -2.43. The Balaban J connectivity index is 1.95. The summed E-state index contributed by atoms with van der Waals surface area (Å²) in [6.45, 7) is 2.24. The van der Waals surface area contributed by atoms with Crippen LogP contribution in [0, 0.1) is 0 Å². The number of amides is 1. The minimum atomic E-state index is -0.0184. The molecule has 0 radical (unpaired) electrons. The van der Waals surface area contributed by atoms with Gasteiger partial charge in [0.05, 0.1) is 0 Å². The molecular formula is C19H31N3OS. The van der Waals surface area contributed by atoms with E-state index in [0.29, 0.717) is 11.5 Å². The van der Waals surface area contributed by atoms with Gasteiger partial charge in [0.25, 0.3) is 0 Å². The number of hydrazine groups is 1. The van der Waals surface area contributed by atoms with Crippen LogP contribution >= 0.6 is 12.2 Å². The summed E-state index contributed by atoms with van der Waals surface area (Å²) in [7, 11) is 0. The van der Waals surface area contributed by atoms with E-state index in [4.69, 9.17) is 12.2 Å². The number of nitrogens with one attached hydrogen (secondary N) is 3. The number of unbranched alkanes of at least 4 members (excludes halogenated alkanes) is 8. The fraction of sp³-hybridized carbons (Fsp3) is 0.579. The Morgan fingerprint density at radius 1 is 0.875 bits per heavy atom. The Morgan fingerprint density at radius 2 is 1.46 bits per heavy atom. The number of carbonyl (C=O) groups excluding carboxylic acids is 1. The molecule has 0 atom stereocenters. The lowest BCUT2D eigenvalue weighted by Gasteiger charge is -2.11. The van der Waals surface area contributed by atoms with Gasteiger partial charge in [0, 0.05) is 12.1 Å². The van der Waals surface area contributed by atoms with Crippen LogP contribution in [0.3, 0.4) is 0 Å². The molecule has 0 saturated carbocycles. The minimum Gasteiger partial charge on any atom is -0.331 e. The van der Waals surface area contributed by atoms with Gasteiger partial charge in [-0.25, -0.2) is 0 Å². The Morgan fingerprint density at radius 3 is 2.08 bits per heavy atom. The zero-order valence-corrected chi connectivity index (χ0v) is 15.6. The Kier molecular flexibility index (Phi) is 11.7. The molecule has 134 valence electrons. The summed E-state index contributed by atoms with van der Waals surface area (Å²) in [6, 6.07) is 9.62. The zero-order chi connectivity index (χ0) is 17.5. The van der Waals surface area contributed by atoms with Gasteiger partial charge in [-0.05, 0) is 30.8 Å². The van der Waals surface area contributed by atoms with E-state index in [1.165, 1.54) is 44.9 Å². The molecule has 3 N–H and O–H groups in total. The molecule has 24 heavy (non-hydrogen) atoms. The van der Waals surface area contributed by atoms with Gasteiger partial charge in [-0.15, -0.1) is 0 Å². The predicted octanol–water partition coefficient (Wildman–Crippen LogP) is 4.93. The monoisotopic (exact) mass is 349 g/mol. The zero-order valence-electron chi connectivity index (χ0n) is 14.8. The Hall–Kier alpha value is -1.62. The molecule has 4 nitrogen and oxygen atoms in total. The second-order valence-electron chi connectivity index (χ2n) is 6.07. The fourth-order valence-corrected chi connectivity index (χ4v) is 2.64. The first-order valence-electron chi connectivity index (χ1n) is 9.13. The van der Waals surface area contributed by atoms with Gasteiger partial charge in [0.1, 0.15) is 0 Å². The van der Waals surface area contributed by atoms with Crippen molar-refractivity contribution in [2.45, 2.75) is 71.1 Å². The minimum absolute atomic E-state index is 0.0184. The molecule has 5 heteroatoms. The highest BCUT2D eigenvalue weighted by molar-refractivity contribution is 7.80. The number of rotatable bonds is 11. The van der Waals surface area contributed by atoms with Crippen LogP contribution in [0.15, 0.2) is 30.3 Å². The van der Waals surface area contributed by atoms with E-state index in [1.807, 2.05) is 30.3 Å². The van der Waals surface area contributed by atoms with Crippen molar-refractivity contribution in [1.29, 1.82) is 0 Å². The molecule has 0 heterocycles. The second-order valence-corrected chi connectivity index (χ2v) is 6.48. The molecule has 1 rings (SSSR count). The van der Waals surface area contributed by atoms with Crippen LogP contribution in [0.25, 0.3) is 0 Å². The highest BCUT2D eigenvalue weighted by Crippen LogP contribution is 2.10. The van der Waals surface area contributed by atoms with Crippen LogP contribution in [-0.2, 0) is 4.79 Å². The number of carbonyl (C=O) groups is 1. The summed E-state index contributed by atoms with van der Waals surface area (Å²) in [5.74, 6) is -0.0184. The van der Waals surface area contributed by atoms with E-state index in [2.05, 4.69) is 23.1 Å². The van der Waals surface area contributed by atoms with Gasteiger partial charge in [0.15, 0.2) is 5.11 Å². The number of benzene rings is 1. The SMILES string of the molecule is CCCCCCCCCCCC(=O)NNC(=S)Nc1ccccc1. The van der Waals surface area contributed by atoms with Gasteiger partial charge in [-0.1, -0.05) is 76.5 Å². The summed E-state index contributed by atoms with van der Waals surface area (Å²) in [5, 5.41) is 3.40. The van der Waals surface area contributed by atoms with Gasteiger partial charge in [-0.2, -0.15) is 0 Å². The first-order chi connectivity index (χ1) is 11.7. The standard InChI is InChI=1S/C19H31N3OS/c1-2-3-4-5-6-7-8-9-13-16-18(23)21-22-19(24)20-17-14-11-10-12-15-17/h10-12,14-15H,2-9,13,16H2,1H3,(H,21,23)(H2,20,22,24). The third-order valence-electron chi connectivity index (χ3n) is 3.85. The smallest absolute Gasteiger partial charge is 0.238 e. The van der Waals surface area contributed by atoms with Crippen LogP contribution in [-0.4, -0.2) is 11.0 Å². The highest BCUT2D eigenvalue weighted by Gasteiger charge is 2.02. The van der Waals surface area contributed by atoms with Gasteiger partial charge in [0.2, 0.25) is 5.91 Å².